The molecule has 1 N–H and O–H groups in total. The summed E-state index contributed by atoms with van der Waals surface area (Å²) >= 11 is 12.5. The average molecular weight is 330 g/mol. The molecule has 0 saturated carbocycles. The van der Waals surface area contributed by atoms with E-state index in [1.807, 2.05) is 18.2 Å². The Morgan fingerprint density at radius 3 is 2.43 bits per heavy atom. The fourth-order valence-electron chi connectivity index (χ4n) is 2.95. The van der Waals surface area contributed by atoms with Crippen LogP contribution in [0.5, 0.6) is 0 Å². The standard InChI is InChI=1S/C18H29Cl2N/c1-6-9-21-17(10-13(2)12-18(3,4)5)15-11-14(19)7-8-16(15)20/h7-8,11,13,17,21H,6,9-10,12H2,1-5H3. The second-order valence-electron chi connectivity index (χ2n) is 7.28. The minimum Gasteiger partial charge on any atom is -0.310 e. The monoisotopic (exact) mass is 329 g/mol. The molecule has 0 aliphatic carbocycles. The molecule has 0 fully saturated rings. The Labute approximate surface area is 140 Å². The first-order chi connectivity index (χ1) is 9.73. The van der Waals surface area contributed by atoms with Gasteiger partial charge in [-0.25, -0.2) is 0 Å². The zero-order valence-electron chi connectivity index (χ0n) is 14.0. The molecule has 0 aliphatic heterocycles. The SMILES string of the molecule is CCCNC(CC(C)CC(C)(C)C)c1cc(Cl)ccc1Cl. The highest BCUT2D eigenvalue weighted by atomic mass is 35.5. The van der Waals surface area contributed by atoms with E-state index in [0.717, 1.165) is 35.0 Å². The molecule has 0 aromatic heterocycles. The van der Waals surface area contributed by atoms with Crippen molar-refractivity contribution in [2.24, 2.45) is 11.3 Å². The Kier molecular flexibility index (Phi) is 7.53. The van der Waals surface area contributed by atoms with Gasteiger partial charge in [-0.2, -0.15) is 0 Å². The number of hydrogen-bond donors (Lipinski definition) is 1. The molecule has 1 nitrogen and oxygen atoms in total. The van der Waals surface area contributed by atoms with Crippen molar-refractivity contribution >= 4 is 23.2 Å². The Balaban J connectivity index is 2.87. The summed E-state index contributed by atoms with van der Waals surface area (Å²) in [6.45, 7) is 12.4. The van der Waals surface area contributed by atoms with Crippen LogP contribution in [0.3, 0.4) is 0 Å². The van der Waals surface area contributed by atoms with Gasteiger partial charge in [-0.1, -0.05) is 57.8 Å². The maximum Gasteiger partial charge on any atom is 0.0454 e. The lowest BCUT2D eigenvalue weighted by atomic mass is 9.82. The molecule has 0 radical (unpaired) electrons. The fraction of sp³-hybridized carbons (Fsp3) is 0.667. The summed E-state index contributed by atoms with van der Waals surface area (Å²) in [6.07, 6.45) is 3.40. The van der Waals surface area contributed by atoms with E-state index in [4.69, 9.17) is 23.2 Å². The first-order valence-corrected chi connectivity index (χ1v) is 8.67. The number of hydrogen-bond acceptors (Lipinski definition) is 1. The Bertz CT molecular complexity index is 437. The largest absolute Gasteiger partial charge is 0.310 e. The summed E-state index contributed by atoms with van der Waals surface area (Å²) in [7, 11) is 0. The van der Waals surface area contributed by atoms with E-state index in [9.17, 15) is 0 Å². The van der Waals surface area contributed by atoms with Crippen molar-refractivity contribution in [1.29, 1.82) is 0 Å². The number of benzene rings is 1. The van der Waals surface area contributed by atoms with E-state index >= 15 is 0 Å². The second kappa shape index (κ2) is 8.41. The van der Waals surface area contributed by atoms with Crippen molar-refractivity contribution in [3.05, 3.63) is 33.8 Å². The lowest BCUT2D eigenvalue weighted by Crippen LogP contribution is -2.25. The summed E-state index contributed by atoms with van der Waals surface area (Å²) in [5.74, 6) is 0.634. The molecule has 0 saturated heterocycles. The van der Waals surface area contributed by atoms with E-state index in [2.05, 4.69) is 39.9 Å². The number of nitrogens with one attached hydrogen (secondary N) is 1. The molecule has 0 spiro atoms. The van der Waals surface area contributed by atoms with Crippen molar-refractivity contribution in [1.82, 2.24) is 5.32 Å². The molecule has 0 aliphatic rings. The second-order valence-corrected chi connectivity index (χ2v) is 8.12. The third-order valence-electron chi connectivity index (χ3n) is 3.57. The zero-order valence-corrected chi connectivity index (χ0v) is 15.5. The van der Waals surface area contributed by atoms with Crippen LogP contribution in [-0.2, 0) is 0 Å². The molecule has 21 heavy (non-hydrogen) atoms. The fourth-order valence-corrected chi connectivity index (χ4v) is 3.38. The molecular formula is C18H29Cl2N. The van der Waals surface area contributed by atoms with E-state index in [-0.39, 0.29) is 6.04 Å². The highest BCUT2D eigenvalue weighted by molar-refractivity contribution is 6.33. The molecular weight excluding hydrogens is 301 g/mol. The van der Waals surface area contributed by atoms with Crippen LogP contribution in [0.25, 0.3) is 0 Å². The van der Waals surface area contributed by atoms with E-state index < -0.39 is 0 Å². The van der Waals surface area contributed by atoms with E-state index in [1.54, 1.807) is 0 Å². The maximum atomic E-state index is 6.39. The van der Waals surface area contributed by atoms with Gasteiger partial charge in [-0.05, 0) is 60.9 Å². The van der Waals surface area contributed by atoms with Gasteiger partial charge in [0.1, 0.15) is 0 Å². The average Bonchev–Trinajstić information content (AvgIpc) is 2.35. The van der Waals surface area contributed by atoms with Crippen molar-refractivity contribution in [2.75, 3.05) is 6.54 Å². The quantitative estimate of drug-likeness (QED) is 0.602. The van der Waals surface area contributed by atoms with Crippen LogP contribution >= 0.6 is 23.2 Å². The van der Waals surface area contributed by atoms with Crippen molar-refractivity contribution in [3.8, 4) is 0 Å². The molecule has 0 amide bonds. The number of rotatable bonds is 7. The van der Waals surface area contributed by atoms with Gasteiger partial charge in [-0.15, -0.1) is 0 Å². The molecule has 1 aromatic carbocycles. The zero-order chi connectivity index (χ0) is 16.0. The van der Waals surface area contributed by atoms with Gasteiger partial charge in [0, 0.05) is 16.1 Å². The molecule has 120 valence electrons. The number of halogens is 2. The Morgan fingerprint density at radius 1 is 1.19 bits per heavy atom. The molecule has 2 atom stereocenters. The molecule has 3 heteroatoms. The predicted molar refractivity (Wildman–Crippen MR) is 95.3 cm³/mol. The topological polar surface area (TPSA) is 12.0 Å². The van der Waals surface area contributed by atoms with Gasteiger partial charge in [0.15, 0.2) is 0 Å². The summed E-state index contributed by atoms with van der Waals surface area (Å²) in [6, 6.07) is 6.02. The smallest absolute Gasteiger partial charge is 0.0454 e. The van der Waals surface area contributed by atoms with Gasteiger partial charge in [0.25, 0.3) is 0 Å². The first-order valence-electron chi connectivity index (χ1n) is 7.91. The van der Waals surface area contributed by atoms with Crippen molar-refractivity contribution in [3.63, 3.8) is 0 Å². The van der Waals surface area contributed by atoms with Crippen LogP contribution < -0.4 is 5.32 Å². The highest BCUT2D eigenvalue weighted by Crippen LogP contribution is 2.34. The molecule has 0 bridgehead atoms. The van der Waals surface area contributed by atoms with E-state index in [1.165, 1.54) is 6.42 Å². The lowest BCUT2D eigenvalue weighted by Gasteiger charge is -2.28. The molecule has 2 unspecified atom stereocenters. The van der Waals surface area contributed by atoms with Crippen LogP contribution in [0.15, 0.2) is 18.2 Å². The van der Waals surface area contributed by atoms with Crippen LogP contribution in [0.2, 0.25) is 10.0 Å². The van der Waals surface area contributed by atoms with Crippen molar-refractivity contribution in [2.45, 2.75) is 59.9 Å². The Morgan fingerprint density at radius 2 is 1.86 bits per heavy atom. The molecule has 1 rings (SSSR count). The Hall–Kier alpha value is -0.240. The van der Waals surface area contributed by atoms with Gasteiger partial charge < -0.3 is 5.32 Å². The minimum atomic E-state index is 0.272. The van der Waals surface area contributed by atoms with Gasteiger partial charge in [0.05, 0.1) is 0 Å². The van der Waals surface area contributed by atoms with Gasteiger partial charge in [-0.3, -0.25) is 0 Å². The van der Waals surface area contributed by atoms with Gasteiger partial charge >= 0.3 is 0 Å². The highest BCUT2D eigenvalue weighted by Gasteiger charge is 2.21. The summed E-state index contributed by atoms with van der Waals surface area (Å²) < 4.78 is 0. The summed E-state index contributed by atoms with van der Waals surface area (Å²) in [5, 5.41) is 5.18. The molecule has 0 heterocycles. The lowest BCUT2D eigenvalue weighted by molar-refractivity contribution is 0.276. The van der Waals surface area contributed by atoms with Crippen LogP contribution in [0.4, 0.5) is 0 Å². The normalized spacial score (nSPS) is 15.0. The third-order valence-corrected chi connectivity index (χ3v) is 4.15. The predicted octanol–water partition coefficient (Wildman–Crippen LogP) is 6.50. The van der Waals surface area contributed by atoms with Crippen LogP contribution in [-0.4, -0.2) is 6.54 Å². The minimum absolute atomic E-state index is 0.272. The van der Waals surface area contributed by atoms with Crippen molar-refractivity contribution < 1.29 is 0 Å². The van der Waals surface area contributed by atoms with Crippen LogP contribution in [0.1, 0.15) is 65.5 Å². The van der Waals surface area contributed by atoms with Gasteiger partial charge in [0.2, 0.25) is 0 Å². The maximum absolute atomic E-state index is 6.39. The first kappa shape index (κ1) is 18.8. The third kappa shape index (κ3) is 7.04. The summed E-state index contributed by atoms with van der Waals surface area (Å²) in [4.78, 5) is 0. The summed E-state index contributed by atoms with van der Waals surface area (Å²) in [5.41, 5.74) is 1.48. The molecule has 1 aromatic rings. The van der Waals surface area contributed by atoms with Crippen LogP contribution in [0, 0.1) is 11.3 Å². The van der Waals surface area contributed by atoms with E-state index in [0.29, 0.717) is 11.3 Å².